The molecular formula is C27H34N4O. The van der Waals surface area contributed by atoms with Crippen LogP contribution in [0.1, 0.15) is 60.8 Å². The molecule has 1 aromatic heterocycles. The third-order valence-corrected chi connectivity index (χ3v) is 6.52. The van der Waals surface area contributed by atoms with Gasteiger partial charge in [-0.2, -0.15) is 0 Å². The summed E-state index contributed by atoms with van der Waals surface area (Å²) in [5, 5.41) is 3.26. The van der Waals surface area contributed by atoms with Crippen LogP contribution in [0.3, 0.4) is 0 Å². The summed E-state index contributed by atoms with van der Waals surface area (Å²) in [6, 6.07) is 12.9. The van der Waals surface area contributed by atoms with Gasteiger partial charge in [0.2, 0.25) is 0 Å². The highest BCUT2D eigenvalue weighted by atomic mass is 16.2. The lowest BCUT2D eigenvalue weighted by Crippen LogP contribution is -2.42. The number of nitrogens with zero attached hydrogens (tertiary/aromatic N) is 2. The summed E-state index contributed by atoms with van der Waals surface area (Å²) < 4.78 is 0. The van der Waals surface area contributed by atoms with Gasteiger partial charge in [-0.05, 0) is 61.9 Å². The van der Waals surface area contributed by atoms with Gasteiger partial charge in [-0.1, -0.05) is 61.6 Å². The molecule has 0 atom stereocenters. The zero-order valence-electron chi connectivity index (χ0n) is 19.4. The molecule has 0 bridgehead atoms. The van der Waals surface area contributed by atoms with E-state index in [0.29, 0.717) is 6.54 Å². The summed E-state index contributed by atoms with van der Waals surface area (Å²) in [5.41, 5.74) is 7.58. The number of imidazole rings is 1. The van der Waals surface area contributed by atoms with E-state index in [-0.39, 0.29) is 12.1 Å². The second-order valence-electron chi connectivity index (χ2n) is 9.14. The molecule has 32 heavy (non-hydrogen) atoms. The number of carbonyl (C=O) groups excluding carboxylic acids is 1. The average molecular weight is 431 g/mol. The Kier molecular flexibility index (Phi) is 6.93. The molecular weight excluding hydrogens is 396 g/mol. The zero-order valence-corrected chi connectivity index (χ0v) is 19.4. The van der Waals surface area contributed by atoms with Crippen molar-refractivity contribution in [3.05, 3.63) is 71.2 Å². The van der Waals surface area contributed by atoms with Gasteiger partial charge >= 0.3 is 6.03 Å². The first-order valence-electron chi connectivity index (χ1n) is 11.7. The minimum atomic E-state index is -0.00102. The topological polar surface area (TPSA) is 61.0 Å². The van der Waals surface area contributed by atoms with Crippen LogP contribution in [-0.2, 0) is 6.54 Å². The van der Waals surface area contributed by atoms with E-state index < -0.39 is 0 Å². The van der Waals surface area contributed by atoms with Gasteiger partial charge in [0.25, 0.3) is 0 Å². The number of aryl methyl sites for hydroxylation is 3. The molecule has 1 aliphatic rings. The molecule has 0 unspecified atom stereocenters. The summed E-state index contributed by atoms with van der Waals surface area (Å²) in [5.74, 6) is 0. The first kappa shape index (κ1) is 22.1. The molecule has 1 heterocycles. The maximum Gasteiger partial charge on any atom is 0.322 e. The SMILES string of the molecule is Cc1cc(C)c(NC(=O)N(Cc2cccc(-c3cnc[nH]3)c2)C2CCCCCC2)c(C)c1. The van der Waals surface area contributed by atoms with Gasteiger partial charge in [0.1, 0.15) is 0 Å². The fourth-order valence-electron chi connectivity index (χ4n) is 4.94. The van der Waals surface area contributed by atoms with E-state index in [9.17, 15) is 4.79 Å². The van der Waals surface area contributed by atoms with Crippen molar-refractivity contribution in [3.63, 3.8) is 0 Å². The first-order chi connectivity index (χ1) is 15.5. The third-order valence-electron chi connectivity index (χ3n) is 6.52. The molecule has 2 aromatic carbocycles. The lowest BCUT2D eigenvalue weighted by atomic mass is 10.0. The minimum absolute atomic E-state index is 0.00102. The number of rotatable bonds is 5. The van der Waals surface area contributed by atoms with Gasteiger partial charge in [0.15, 0.2) is 0 Å². The van der Waals surface area contributed by atoms with Crippen LogP contribution >= 0.6 is 0 Å². The number of nitrogens with one attached hydrogen (secondary N) is 2. The van der Waals surface area contributed by atoms with E-state index >= 15 is 0 Å². The zero-order chi connectivity index (χ0) is 22.5. The quantitative estimate of drug-likeness (QED) is 0.439. The van der Waals surface area contributed by atoms with Gasteiger partial charge in [-0.25, -0.2) is 9.78 Å². The number of hydrogen-bond donors (Lipinski definition) is 2. The fraction of sp³-hybridized carbons (Fsp3) is 0.407. The summed E-state index contributed by atoms with van der Waals surface area (Å²) >= 11 is 0. The van der Waals surface area contributed by atoms with Crippen molar-refractivity contribution in [1.82, 2.24) is 14.9 Å². The Morgan fingerprint density at radius 1 is 1.06 bits per heavy atom. The van der Waals surface area contributed by atoms with Crippen molar-refractivity contribution in [1.29, 1.82) is 0 Å². The van der Waals surface area contributed by atoms with Crippen molar-refractivity contribution in [3.8, 4) is 11.3 Å². The Morgan fingerprint density at radius 2 is 1.78 bits per heavy atom. The fourth-order valence-corrected chi connectivity index (χ4v) is 4.94. The van der Waals surface area contributed by atoms with Crippen LogP contribution in [-0.4, -0.2) is 26.9 Å². The number of aromatic amines is 1. The standard InChI is InChI=1S/C27H34N4O/c1-19-13-20(2)26(21(3)14-19)30-27(32)31(24-11-6-4-5-7-12-24)17-22-9-8-10-23(15-22)25-16-28-18-29-25/h8-10,13-16,18,24H,4-7,11-12,17H2,1-3H3,(H,28,29)(H,30,32). The van der Waals surface area contributed by atoms with E-state index in [0.717, 1.165) is 46.5 Å². The third kappa shape index (κ3) is 5.21. The molecule has 3 aromatic rings. The molecule has 2 amide bonds. The van der Waals surface area contributed by atoms with Gasteiger partial charge in [0.05, 0.1) is 18.2 Å². The molecule has 0 spiro atoms. The Labute approximate surface area is 191 Å². The molecule has 1 saturated carbocycles. The lowest BCUT2D eigenvalue weighted by Gasteiger charge is -2.32. The van der Waals surface area contributed by atoms with Crippen LogP contribution in [0.25, 0.3) is 11.3 Å². The van der Waals surface area contributed by atoms with Crippen LogP contribution in [0.2, 0.25) is 0 Å². The van der Waals surface area contributed by atoms with Gasteiger partial charge < -0.3 is 15.2 Å². The molecule has 0 radical (unpaired) electrons. The molecule has 5 nitrogen and oxygen atoms in total. The monoisotopic (exact) mass is 430 g/mol. The number of amides is 2. The molecule has 0 aliphatic heterocycles. The Morgan fingerprint density at radius 3 is 2.44 bits per heavy atom. The van der Waals surface area contributed by atoms with Crippen LogP contribution in [0.5, 0.6) is 0 Å². The molecule has 4 rings (SSSR count). The largest absolute Gasteiger partial charge is 0.345 e. The Balaban J connectivity index is 1.60. The van der Waals surface area contributed by atoms with E-state index in [2.05, 4.69) is 77.4 Å². The highest BCUT2D eigenvalue weighted by Gasteiger charge is 2.26. The molecule has 1 fully saturated rings. The molecule has 0 saturated heterocycles. The van der Waals surface area contributed by atoms with E-state index in [4.69, 9.17) is 0 Å². The predicted octanol–water partition coefficient (Wildman–Crippen LogP) is 6.76. The summed E-state index contributed by atoms with van der Waals surface area (Å²) in [6.07, 6.45) is 10.6. The summed E-state index contributed by atoms with van der Waals surface area (Å²) in [4.78, 5) is 23.0. The average Bonchev–Trinajstić information content (AvgIpc) is 3.18. The lowest BCUT2D eigenvalue weighted by molar-refractivity contribution is 0.175. The predicted molar refractivity (Wildman–Crippen MR) is 131 cm³/mol. The van der Waals surface area contributed by atoms with Crippen molar-refractivity contribution >= 4 is 11.7 Å². The smallest absolute Gasteiger partial charge is 0.322 e. The number of benzene rings is 2. The molecule has 168 valence electrons. The number of aromatic nitrogens is 2. The number of H-pyrrole nitrogens is 1. The van der Waals surface area contributed by atoms with Crippen LogP contribution in [0.4, 0.5) is 10.5 Å². The molecule has 1 aliphatic carbocycles. The summed E-state index contributed by atoms with van der Waals surface area (Å²) in [6.45, 7) is 6.83. The highest BCUT2D eigenvalue weighted by Crippen LogP contribution is 2.27. The minimum Gasteiger partial charge on any atom is -0.345 e. The Bertz CT molecular complexity index is 1030. The van der Waals surface area contributed by atoms with Gasteiger partial charge in [0, 0.05) is 18.3 Å². The number of anilines is 1. The molecule has 5 heteroatoms. The van der Waals surface area contributed by atoms with Gasteiger partial charge in [-0.3, -0.25) is 0 Å². The molecule has 2 N–H and O–H groups in total. The maximum atomic E-state index is 13.6. The van der Waals surface area contributed by atoms with Crippen molar-refractivity contribution < 1.29 is 4.79 Å². The van der Waals surface area contributed by atoms with Crippen molar-refractivity contribution in [2.24, 2.45) is 0 Å². The normalized spacial score (nSPS) is 14.7. The Hall–Kier alpha value is -3.08. The van der Waals surface area contributed by atoms with Gasteiger partial charge in [-0.15, -0.1) is 0 Å². The van der Waals surface area contributed by atoms with Crippen LogP contribution < -0.4 is 5.32 Å². The maximum absolute atomic E-state index is 13.6. The second kappa shape index (κ2) is 10.0. The van der Waals surface area contributed by atoms with E-state index in [1.165, 1.54) is 31.2 Å². The number of hydrogen-bond acceptors (Lipinski definition) is 2. The summed E-state index contributed by atoms with van der Waals surface area (Å²) in [7, 11) is 0. The number of carbonyl (C=O) groups is 1. The first-order valence-corrected chi connectivity index (χ1v) is 11.7. The van der Waals surface area contributed by atoms with Crippen LogP contribution in [0, 0.1) is 20.8 Å². The number of urea groups is 1. The van der Waals surface area contributed by atoms with E-state index in [1.807, 2.05) is 6.20 Å². The van der Waals surface area contributed by atoms with Crippen molar-refractivity contribution in [2.45, 2.75) is 71.9 Å². The van der Waals surface area contributed by atoms with E-state index in [1.54, 1.807) is 6.33 Å². The van der Waals surface area contributed by atoms with Crippen LogP contribution in [0.15, 0.2) is 48.9 Å². The highest BCUT2D eigenvalue weighted by molar-refractivity contribution is 5.91. The second-order valence-corrected chi connectivity index (χ2v) is 9.14. The van der Waals surface area contributed by atoms with Crippen molar-refractivity contribution in [2.75, 3.05) is 5.32 Å².